The second kappa shape index (κ2) is 6.91. The van der Waals surface area contributed by atoms with Crippen LogP contribution in [0.15, 0.2) is 16.7 Å². The van der Waals surface area contributed by atoms with Crippen molar-refractivity contribution >= 4 is 21.8 Å². The first-order valence-corrected chi connectivity index (χ1v) is 7.07. The highest BCUT2D eigenvalue weighted by molar-refractivity contribution is 9.10. The molecule has 0 radical (unpaired) electrons. The lowest BCUT2D eigenvalue weighted by atomic mass is 10.0. The molecule has 1 aromatic rings. The molecule has 19 heavy (non-hydrogen) atoms. The SMILES string of the molecule is O=C(NC1CCN(CCF)CC1)c1ccc(Br)nn1. The molecular weight excluding hydrogens is 315 g/mol. The third kappa shape index (κ3) is 4.21. The minimum Gasteiger partial charge on any atom is -0.348 e. The molecule has 1 saturated heterocycles. The summed E-state index contributed by atoms with van der Waals surface area (Å²) in [5, 5.41) is 10.5. The molecule has 0 spiro atoms. The number of alkyl halides is 1. The topological polar surface area (TPSA) is 58.1 Å². The molecule has 104 valence electrons. The lowest BCUT2D eigenvalue weighted by Gasteiger charge is -2.31. The van der Waals surface area contributed by atoms with E-state index in [-0.39, 0.29) is 18.6 Å². The van der Waals surface area contributed by atoms with Crippen molar-refractivity contribution in [2.24, 2.45) is 0 Å². The molecule has 0 unspecified atom stereocenters. The number of aromatic nitrogens is 2. The van der Waals surface area contributed by atoms with Crippen LogP contribution in [-0.4, -0.2) is 53.4 Å². The number of carbonyl (C=O) groups is 1. The van der Waals surface area contributed by atoms with Gasteiger partial charge in [-0.1, -0.05) is 0 Å². The van der Waals surface area contributed by atoms with Gasteiger partial charge in [0, 0.05) is 25.7 Å². The first-order chi connectivity index (χ1) is 9.19. The number of nitrogens with zero attached hydrogens (tertiary/aromatic N) is 3. The Morgan fingerprint density at radius 2 is 2.16 bits per heavy atom. The largest absolute Gasteiger partial charge is 0.348 e. The fourth-order valence-corrected chi connectivity index (χ4v) is 2.33. The van der Waals surface area contributed by atoms with Gasteiger partial charge in [0.2, 0.25) is 0 Å². The summed E-state index contributed by atoms with van der Waals surface area (Å²) in [6.07, 6.45) is 1.69. The molecule has 0 saturated carbocycles. The summed E-state index contributed by atoms with van der Waals surface area (Å²) in [6.45, 7) is 1.81. The van der Waals surface area contributed by atoms with Crippen molar-refractivity contribution in [3.05, 3.63) is 22.4 Å². The number of piperidine rings is 1. The predicted octanol–water partition coefficient (Wildman–Crippen LogP) is 1.40. The van der Waals surface area contributed by atoms with E-state index in [1.165, 1.54) is 0 Å². The number of hydrogen-bond donors (Lipinski definition) is 1. The van der Waals surface area contributed by atoms with Crippen molar-refractivity contribution in [1.82, 2.24) is 20.4 Å². The van der Waals surface area contributed by atoms with E-state index in [0.717, 1.165) is 25.9 Å². The second-order valence-corrected chi connectivity index (χ2v) is 5.33. The van der Waals surface area contributed by atoms with E-state index in [4.69, 9.17) is 0 Å². The van der Waals surface area contributed by atoms with Crippen LogP contribution in [0.1, 0.15) is 23.3 Å². The van der Waals surface area contributed by atoms with Crippen LogP contribution >= 0.6 is 15.9 Å². The van der Waals surface area contributed by atoms with Crippen molar-refractivity contribution in [1.29, 1.82) is 0 Å². The minimum atomic E-state index is -0.314. The van der Waals surface area contributed by atoms with Gasteiger partial charge < -0.3 is 10.2 Å². The lowest BCUT2D eigenvalue weighted by molar-refractivity contribution is 0.0902. The van der Waals surface area contributed by atoms with Gasteiger partial charge in [0.25, 0.3) is 5.91 Å². The smallest absolute Gasteiger partial charge is 0.272 e. The molecule has 1 aliphatic rings. The number of nitrogens with one attached hydrogen (secondary N) is 1. The molecule has 1 amide bonds. The molecule has 1 aromatic heterocycles. The quantitative estimate of drug-likeness (QED) is 0.906. The fraction of sp³-hybridized carbons (Fsp3) is 0.583. The summed E-state index contributed by atoms with van der Waals surface area (Å²) in [5.41, 5.74) is 0.314. The van der Waals surface area contributed by atoms with Gasteiger partial charge in [-0.3, -0.25) is 4.79 Å². The van der Waals surface area contributed by atoms with Crippen LogP contribution in [0.4, 0.5) is 4.39 Å². The average molecular weight is 331 g/mol. The number of amides is 1. The van der Waals surface area contributed by atoms with Crippen LogP contribution in [-0.2, 0) is 0 Å². The Kier molecular flexibility index (Phi) is 5.21. The highest BCUT2D eigenvalue weighted by Gasteiger charge is 2.21. The minimum absolute atomic E-state index is 0.133. The molecule has 1 N–H and O–H groups in total. The van der Waals surface area contributed by atoms with Crippen LogP contribution in [0.3, 0.4) is 0 Å². The molecule has 2 heterocycles. The third-order valence-electron chi connectivity index (χ3n) is 3.19. The molecular formula is C12H16BrFN4O. The molecule has 1 aliphatic heterocycles. The van der Waals surface area contributed by atoms with Crippen molar-refractivity contribution < 1.29 is 9.18 Å². The summed E-state index contributed by atoms with van der Waals surface area (Å²) in [6, 6.07) is 3.45. The average Bonchev–Trinajstić information content (AvgIpc) is 2.42. The van der Waals surface area contributed by atoms with E-state index in [1.54, 1.807) is 12.1 Å². The van der Waals surface area contributed by atoms with Crippen LogP contribution in [0, 0.1) is 0 Å². The molecule has 0 aromatic carbocycles. The number of hydrogen-bond acceptors (Lipinski definition) is 4. The van der Waals surface area contributed by atoms with Crippen LogP contribution < -0.4 is 5.32 Å². The molecule has 2 rings (SSSR count). The Morgan fingerprint density at radius 1 is 1.42 bits per heavy atom. The van der Waals surface area contributed by atoms with E-state index < -0.39 is 0 Å². The van der Waals surface area contributed by atoms with Crippen LogP contribution in [0.25, 0.3) is 0 Å². The van der Waals surface area contributed by atoms with Crippen molar-refractivity contribution in [3.8, 4) is 0 Å². The van der Waals surface area contributed by atoms with Gasteiger partial charge in [-0.2, -0.15) is 0 Å². The molecule has 0 atom stereocenters. The summed E-state index contributed by atoms with van der Waals surface area (Å²) < 4.78 is 12.8. The third-order valence-corrected chi connectivity index (χ3v) is 3.61. The number of halogens is 2. The fourth-order valence-electron chi connectivity index (χ4n) is 2.12. The van der Waals surface area contributed by atoms with Gasteiger partial charge >= 0.3 is 0 Å². The van der Waals surface area contributed by atoms with Crippen molar-refractivity contribution in [2.45, 2.75) is 18.9 Å². The summed E-state index contributed by atoms with van der Waals surface area (Å²) >= 11 is 3.17. The Hall–Kier alpha value is -1.08. The Labute approximate surface area is 119 Å². The second-order valence-electron chi connectivity index (χ2n) is 4.52. The molecule has 0 bridgehead atoms. The molecule has 0 aliphatic carbocycles. The normalized spacial score (nSPS) is 17.4. The highest BCUT2D eigenvalue weighted by Crippen LogP contribution is 2.11. The Bertz CT molecular complexity index is 420. The monoisotopic (exact) mass is 330 g/mol. The molecule has 7 heteroatoms. The van der Waals surface area contributed by atoms with E-state index in [1.807, 2.05) is 0 Å². The summed E-state index contributed by atoms with van der Waals surface area (Å²) in [5.74, 6) is -0.205. The number of carbonyl (C=O) groups excluding carboxylic acids is 1. The number of likely N-dealkylation sites (tertiary alicyclic amines) is 1. The molecule has 5 nitrogen and oxygen atoms in total. The van der Waals surface area contributed by atoms with E-state index >= 15 is 0 Å². The molecule has 1 fully saturated rings. The Balaban J connectivity index is 1.82. The van der Waals surface area contributed by atoms with Gasteiger partial charge in [0.05, 0.1) is 0 Å². The van der Waals surface area contributed by atoms with Gasteiger partial charge in [-0.25, -0.2) is 4.39 Å². The maximum absolute atomic E-state index is 12.2. The van der Waals surface area contributed by atoms with Gasteiger partial charge in [0.1, 0.15) is 11.3 Å². The predicted molar refractivity (Wildman–Crippen MR) is 72.6 cm³/mol. The Morgan fingerprint density at radius 3 is 2.74 bits per heavy atom. The van der Waals surface area contributed by atoms with Crippen LogP contribution in [0.2, 0.25) is 0 Å². The maximum Gasteiger partial charge on any atom is 0.272 e. The van der Waals surface area contributed by atoms with Gasteiger partial charge in [-0.15, -0.1) is 10.2 Å². The van der Waals surface area contributed by atoms with Crippen LogP contribution in [0.5, 0.6) is 0 Å². The highest BCUT2D eigenvalue weighted by atomic mass is 79.9. The van der Waals surface area contributed by atoms with Crippen molar-refractivity contribution in [3.63, 3.8) is 0 Å². The summed E-state index contributed by atoms with van der Waals surface area (Å²) in [4.78, 5) is 14.0. The lowest BCUT2D eigenvalue weighted by Crippen LogP contribution is -2.45. The zero-order valence-electron chi connectivity index (χ0n) is 10.5. The van der Waals surface area contributed by atoms with E-state index in [0.29, 0.717) is 16.8 Å². The van der Waals surface area contributed by atoms with Gasteiger partial charge in [0.15, 0.2) is 5.69 Å². The van der Waals surface area contributed by atoms with Gasteiger partial charge in [-0.05, 0) is 40.9 Å². The standard InChI is InChI=1S/C12H16BrFN4O/c13-11-2-1-10(16-17-11)12(19)15-9-3-6-18(7-4-9)8-5-14/h1-2,9H,3-8H2,(H,15,19). The zero-order chi connectivity index (χ0) is 13.7. The first kappa shape index (κ1) is 14.3. The van der Waals surface area contributed by atoms with E-state index in [9.17, 15) is 9.18 Å². The zero-order valence-corrected chi connectivity index (χ0v) is 12.1. The maximum atomic E-state index is 12.2. The van der Waals surface area contributed by atoms with E-state index in [2.05, 4.69) is 36.3 Å². The first-order valence-electron chi connectivity index (χ1n) is 6.27. The number of rotatable bonds is 4. The van der Waals surface area contributed by atoms with Crippen molar-refractivity contribution in [2.75, 3.05) is 26.3 Å². The summed E-state index contributed by atoms with van der Waals surface area (Å²) in [7, 11) is 0.